The predicted octanol–water partition coefficient (Wildman–Crippen LogP) is 2.59. The van der Waals surface area contributed by atoms with Crippen molar-refractivity contribution >= 4 is 11.8 Å². The third kappa shape index (κ3) is 3.94. The van der Waals surface area contributed by atoms with Gasteiger partial charge in [0.15, 0.2) is 0 Å². The van der Waals surface area contributed by atoms with E-state index < -0.39 is 0 Å². The largest absolute Gasteiger partial charge is 0.310 e. The summed E-state index contributed by atoms with van der Waals surface area (Å²) >= 11 is 1.95. The molecule has 2 unspecified atom stereocenters. The Bertz CT molecular complexity index is 190. The zero-order chi connectivity index (χ0) is 12.0. The van der Waals surface area contributed by atoms with Gasteiger partial charge in [-0.3, -0.25) is 0 Å². The molecule has 0 aliphatic carbocycles. The molecular formula is C13H28N2S. The molecule has 0 spiro atoms. The number of nitrogens with one attached hydrogen (secondary N) is 1. The molecule has 0 amide bonds. The highest BCUT2D eigenvalue weighted by molar-refractivity contribution is 7.98. The van der Waals surface area contributed by atoms with Gasteiger partial charge < -0.3 is 10.2 Å². The van der Waals surface area contributed by atoms with E-state index >= 15 is 0 Å². The number of nitrogens with zero attached hydrogens (tertiary/aromatic N) is 1. The second kappa shape index (κ2) is 6.87. The molecule has 0 saturated carbocycles. The quantitative estimate of drug-likeness (QED) is 0.741. The number of hydrogen-bond acceptors (Lipinski definition) is 3. The maximum Gasteiger partial charge on any atom is 0.0309 e. The summed E-state index contributed by atoms with van der Waals surface area (Å²) in [6, 6.07) is 0.686. The average Bonchev–Trinajstić information content (AvgIpc) is 2.67. The fraction of sp³-hybridized carbons (Fsp3) is 1.00. The summed E-state index contributed by atoms with van der Waals surface area (Å²) < 4.78 is 0. The lowest BCUT2D eigenvalue weighted by atomic mass is 9.91. The lowest BCUT2D eigenvalue weighted by Crippen LogP contribution is -2.51. The van der Waals surface area contributed by atoms with Crippen LogP contribution in [0.1, 0.15) is 39.5 Å². The second-order valence-corrected chi connectivity index (χ2v) is 6.19. The van der Waals surface area contributed by atoms with Gasteiger partial charge in [-0.15, -0.1) is 0 Å². The van der Waals surface area contributed by atoms with Gasteiger partial charge in [-0.1, -0.05) is 13.3 Å². The molecule has 2 atom stereocenters. The summed E-state index contributed by atoms with van der Waals surface area (Å²) in [5.41, 5.74) is 0.413. The smallest absolute Gasteiger partial charge is 0.0309 e. The summed E-state index contributed by atoms with van der Waals surface area (Å²) in [5.74, 6) is 1.23. The summed E-state index contributed by atoms with van der Waals surface area (Å²) in [4.78, 5) is 2.53. The van der Waals surface area contributed by atoms with Crippen LogP contribution in [0.3, 0.4) is 0 Å². The number of thioether (sulfide) groups is 1. The predicted molar refractivity (Wildman–Crippen MR) is 75.3 cm³/mol. The number of likely N-dealkylation sites (N-methyl/N-ethyl adjacent to an activating group) is 1. The van der Waals surface area contributed by atoms with E-state index in [-0.39, 0.29) is 0 Å². The molecule has 1 N–H and O–H groups in total. The normalized spacial score (nSPS) is 27.6. The van der Waals surface area contributed by atoms with Gasteiger partial charge in [-0.25, -0.2) is 0 Å². The van der Waals surface area contributed by atoms with Crippen LogP contribution < -0.4 is 5.32 Å². The molecule has 1 fully saturated rings. The van der Waals surface area contributed by atoms with Crippen LogP contribution >= 0.6 is 11.8 Å². The topological polar surface area (TPSA) is 15.3 Å². The number of hydrogen-bond donors (Lipinski definition) is 1. The van der Waals surface area contributed by atoms with Gasteiger partial charge in [0.1, 0.15) is 0 Å². The Kier molecular flexibility index (Phi) is 6.16. The van der Waals surface area contributed by atoms with Crippen molar-refractivity contribution in [2.75, 3.05) is 32.1 Å². The van der Waals surface area contributed by atoms with Crippen molar-refractivity contribution in [2.24, 2.45) is 0 Å². The molecule has 0 bridgehead atoms. The molecule has 0 aromatic rings. The molecule has 0 radical (unpaired) electrons. The summed E-state index contributed by atoms with van der Waals surface area (Å²) in [5, 5.41) is 3.75. The molecular weight excluding hydrogens is 216 g/mol. The summed E-state index contributed by atoms with van der Waals surface area (Å²) in [6.45, 7) is 7.06. The highest BCUT2D eigenvalue weighted by atomic mass is 32.2. The first-order valence-corrected chi connectivity index (χ1v) is 7.97. The fourth-order valence-corrected chi connectivity index (χ4v) is 3.51. The lowest BCUT2D eigenvalue weighted by molar-refractivity contribution is 0.184. The Morgan fingerprint density at radius 2 is 2.25 bits per heavy atom. The van der Waals surface area contributed by atoms with Crippen molar-refractivity contribution in [1.29, 1.82) is 0 Å². The summed E-state index contributed by atoms with van der Waals surface area (Å²) in [7, 11) is 2.28. The Morgan fingerprint density at radius 3 is 2.75 bits per heavy atom. The average molecular weight is 244 g/mol. The molecule has 16 heavy (non-hydrogen) atoms. The first kappa shape index (κ1) is 14.3. The molecule has 1 aliphatic rings. The SMILES string of the molecule is CCCC1(CN(C)C(C)CSC)CCCN1. The molecule has 0 aromatic carbocycles. The molecule has 1 heterocycles. The molecule has 1 saturated heterocycles. The van der Waals surface area contributed by atoms with E-state index in [0.29, 0.717) is 11.6 Å². The standard InChI is InChI=1S/C13H28N2S/c1-5-7-13(8-6-9-14-13)11-15(3)12(2)10-16-4/h12,14H,5-11H2,1-4H3. The minimum Gasteiger partial charge on any atom is -0.310 e. The first-order chi connectivity index (χ1) is 7.63. The Morgan fingerprint density at radius 1 is 1.50 bits per heavy atom. The Balaban J connectivity index is 2.47. The van der Waals surface area contributed by atoms with Gasteiger partial charge in [-0.05, 0) is 46.0 Å². The van der Waals surface area contributed by atoms with Crippen LogP contribution in [-0.4, -0.2) is 48.6 Å². The third-order valence-electron chi connectivity index (χ3n) is 3.77. The molecule has 96 valence electrons. The van der Waals surface area contributed by atoms with E-state index in [9.17, 15) is 0 Å². The van der Waals surface area contributed by atoms with Crippen molar-refractivity contribution in [1.82, 2.24) is 10.2 Å². The Labute approximate surface area is 106 Å². The minimum absolute atomic E-state index is 0.413. The van der Waals surface area contributed by atoms with Crippen LogP contribution in [0, 0.1) is 0 Å². The van der Waals surface area contributed by atoms with E-state index in [2.05, 4.69) is 37.4 Å². The molecule has 1 aliphatic heterocycles. The fourth-order valence-electron chi connectivity index (χ4n) is 2.78. The second-order valence-electron chi connectivity index (χ2n) is 5.28. The van der Waals surface area contributed by atoms with E-state index in [1.165, 1.54) is 44.5 Å². The first-order valence-electron chi connectivity index (χ1n) is 6.58. The lowest BCUT2D eigenvalue weighted by Gasteiger charge is -2.36. The van der Waals surface area contributed by atoms with E-state index in [1.54, 1.807) is 0 Å². The van der Waals surface area contributed by atoms with Crippen LogP contribution in [0.15, 0.2) is 0 Å². The van der Waals surface area contributed by atoms with Crippen molar-refractivity contribution in [2.45, 2.75) is 51.1 Å². The molecule has 3 heteroatoms. The minimum atomic E-state index is 0.413. The highest BCUT2D eigenvalue weighted by Crippen LogP contribution is 2.26. The van der Waals surface area contributed by atoms with Crippen molar-refractivity contribution in [3.05, 3.63) is 0 Å². The monoisotopic (exact) mass is 244 g/mol. The molecule has 1 rings (SSSR count). The van der Waals surface area contributed by atoms with Gasteiger partial charge in [0, 0.05) is 23.9 Å². The Hall–Kier alpha value is 0.270. The van der Waals surface area contributed by atoms with E-state index in [4.69, 9.17) is 0 Å². The van der Waals surface area contributed by atoms with Crippen molar-refractivity contribution in [3.63, 3.8) is 0 Å². The summed E-state index contributed by atoms with van der Waals surface area (Å²) in [6.07, 6.45) is 7.52. The van der Waals surface area contributed by atoms with Gasteiger partial charge >= 0.3 is 0 Å². The zero-order valence-electron chi connectivity index (χ0n) is 11.4. The van der Waals surface area contributed by atoms with Crippen LogP contribution in [0.25, 0.3) is 0 Å². The zero-order valence-corrected chi connectivity index (χ0v) is 12.2. The van der Waals surface area contributed by atoms with Crippen LogP contribution in [0.5, 0.6) is 0 Å². The van der Waals surface area contributed by atoms with Gasteiger partial charge in [-0.2, -0.15) is 11.8 Å². The highest BCUT2D eigenvalue weighted by Gasteiger charge is 2.34. The van der Waals surface area contributed by atoms with Crippen LogP contribution in [0.4, 0.5) is 0 Å². The van der Waals surface area contributed by atoms with Gasteiger partial charge in [0.05, 0.1) is 0 Å². The van der Waals surface area contributed by atoms with Crippen LogP contribution in [-0.2, 0) is 0 Å². The number of rotatable bonds is 7. The van der Waals surface area contributed by atoms with Crippen molar-refractivity contribution < 1.29 is 0 Å². The van der Waals surface area contributed by atoms with Crippen molar-refractivity contribution in [3.8, 4) is 0 Å². The molecule has 0 aromatic heterocycles. The van der Waals surface area contributed by atoms with Crippen LogP contribution in [0.2, 0.25) is 0 Å². The maximum absolute atomic E-state index is 3.75. The van der Waals surface area contributed by atoms with E-state index in [1.807, 2.05) is 11.8 Å². The maximum atomic E-state index is 3.75. The van der Waals surface area contributed by atoms with E-state index in [0.717, 1.165) is 0 Å². The van der Waals surface area contributed by atoms with Gasteiger partial charge in [0.2, 0.25) is 0 Å². The third-order valence-corrected chi connectivity index (χ3v) is 4.59. The molecule has 2 nitrogen and oxygen atoms in total. The van der Waals surface area contributed by atoms with Gasteiger partial charge in [0.25, 0.3) is 0 Å².